The van der Waals surface area contributed by atoms with Crippen LogP contribution in [0.2, 0.25) is 36.3 Å². The van der Waals surface area contributed by atoms with E-state index in [9.17, 15) is 9.59 Å². The van der Waals surface area contributed by atoms with Crippen LogP contribution >= 0.6 is 0 Å². The summed E-state index contributed by atoms with van der Waals surface area (Å²) in [7, 11) is -2.90. The van der Waals surface area contributed by atoms with Crippen molar-refractivity contribution in [2.24, 2.45) is 0 Å². The van der Waals surface area contributed by atoms with Crippen molar-refractivity contribution in [3.8, 4) is 5.75 Å². The summed E-state index contributed by atoms with van der Waals surface area (Å²) in [5.74, 6) is 0.735. The zero-order valence-electron chi connectivity index (χ0n) is 33.7. The normalized spacial score (nSPS) is 14.2. The molecular weight excluding hydrogens is 701 g/mol. The van der Waals surface area contributed by atoms with Crippen LogP contribution in [0.4, 0.5) is 0 Å². The van der Waals surface area contributed by atoms with Gasteiger partial charge in [-0.15, -0.1) is 0 Å². The summed E-state index contributed by atoms with van der Waals surface area (Å²) in [5, 5.41) is -0.141. The minimum absolute atomic E-state index is 0.0584. The molecule has 1 aromatic heterocycles. The van der Waals surface area contributed by atoms with E-state index in [1.807, 2.05) is 60.7 Å². The molecule has 9 nitrogen and oxygen atoms in total. The number of hydrogen-bond acceptors (Lipinski definition) is 7. The van der Waals surface area contributed by atoms with E-state index in [0.717, 1.165) is 22.4 Å². The van der Waals surface area contributed by atoms with E-state index < -0.39 is 45.8 Å². The van der Waals surface area contributed by atoms with E-state index in [-0.39, 0.29) is 29.9 Å². The molecule has 11 heteroatoms. The molecule has 53 heavy (non-hydrogen) atoms. The van der Waals surface area contributed by atoms with Crippen LogP contribution in [0.5, 0.6) is 5.75 Å². The van der Waals surface area contributed by atoms with Gasteiger partial charge in [-0.2, -0.15) is 0 Å². The molecule has 0 bridgehead atoms. The number of aromatic nitrogens is 2. The summed E-state index contributed by atoms with van der Waals surface area (Å²) in [4.78, 5) is 28.4. The molecule has 0 fully saturated rings. The topological polar surface area (TPSA) is 101 Å². The molecule has 4 rings (SSSR count). The lowest BCUT2D eigenvalue weighted by Crippen LogP contribution is -2.47. The van der Waals surface area contributed by atoms with Crippen molar-refractivity contribution < 1.29 is 23.1 Å². The fourth-order valence-electron chi connectivity index (χ4n) is 5.49. The lowest BCUT2D eigenvalue weighted by molar-refractivity contribution is -0.135. The molecule has 0 spiro atoms. The van der Waals surface area contributed by atoms with Crippen molar-refractivity contribution in [1.82, 2.24) is 9.55 Å². The number of nitrogens with one attached hydrogen (secondary N) is 1. The third-order valence-electron chi connectivity index (χ3n) is 11.0. The van der Waals surface area contributed by atoms with Gasteiger partial charge in [-0.1, -0.05) is 114 Å². The summed E-state index contributed by atoms with van der Waals surface area (Å²) < 4.78 is 34.7. The monoisotopic (exact) mass is 760 g/mol. The molecule has 1 heterocycles. The van der Waals surface area contributed by atoms with Gasteiger partial charge in [0.15, 0.2) is 22.9 Å². The quantitative estimate of drug-likeness (QED) is 0.0901. The molecule has 0 amide bonds. The van der Waals surface area contributed by atoms with Gasteiger partial charge in [-0.05, 0) is 72.0 Å². The molecule has 0 aliphatic carbocycles. The summed E-state index contributed by atoms with van der Waals surface area (Å²) in [6.07, 6.45) is 0.0113. The molecule has 2 atom stereocenters. The van der Waals surface area contributed by atoms with Crippen LogP contribution in [-0.4, -0.2) is 59.2 Å². The maximum atomic E-state index is 13.4. The first-order chi connectivity index (χ1) is 24.7. The van der Waals surface area contributed by atoms with Crippen LogP contribution < -0.4 is 16.0 Å². The van der Waals surface area contributed by atoms with Crippen LogP contribution in [0.1, 0.15) is 70.0 Å². The Labute approximate surface area is 317 Å². The molecule has 0 unspecified atom stereocenters. The van der Waals surface area contributed by atoms with Gasteiger partial charge in [0.1, 0.15) is 17.5 Å². The number of ether oxygens (including phenoxy) is 3. The van der Waals surface area contributed by atoms with Crippen molar-refractivity contribution in [3.05, 3.63) is 134 Å². The first-order valence-corrected chi connectivity index (χ1v) is 24.2. The van der Waals surface area contributed by atoms with Crippen LogP contribution in [0.15, 0.2) is 101 Å². The Kier molecular flexibility index (Phi) is 13.4. The molecule has 3 aromatic carbocycles. The fraction of sp³-hybridized carbons (Fsp3) is 0.476. The first kappa shape index (κ1) is 42.2. The fourth-order valence-corrected chi connectivity index (χ4v) is 7.52. The van der Waals surface area contributed by atoms with Gasteiger partial charge >= 0.3 is 5.69 Å². The van der Waals surface area contributed by atoms with E-state index in [4.69, 9.17) is 23.1 Å². The van der Waals surface area contributed by atoms with E-state index in [2.05, 4.69) is 97.0 Å². The number of methoxy groups -OCH3 is 1. The lowest BCUT2D eigenvalue weighted by Gasteiger charge is -2.40. The number of aromatic amines is 1. The van der Waals surface area contributed by atoms with Crippen LogP contribution in [-0.2, 0) is 23.9 Å². The highest BCUT2D eigenvalue weighted by molar-refractivity contribution is 6.74. The number of H-pyrrole nitrogens is 1. The third-order valence-corrected chi connectivity index (χ3v) is 20.0. The van der Waals surface area contributed by atoms with Crippen molar-refractivity contribution in [2.45, 2.75) is 103 Å². The number of nitrogens with zero attached hydrogens (tertiary/aromatic N) is 1. The van der Waals surface area contributed by atoms with E-state index in [0.29, 0.717) is 5.56 Å². The summed E-state index contributed by atoms with van der Waals surface area (Å²) in [5.41, 5.74) is 1.11. The highest BCUT2D eigenvalue weighted by Gasteiger charge is 2.42. The highest BCUT2D eigenvalue weighted by atomic mass is 28.4. The molecule has 0 saturated heterocycles. The summed E-state index contributed by atoms with van der Waals surface area (Å²) in [6.45, 7) is 23.9. The van der Waals surface area contributed by atoms with Crippen LogP contribution in [0.25, 0.3) is 0 Å². The second-order valence-electron chi connectivity index (χ2n) is 16.8. The van der Waals surface area contributed by atoms with Gasteiger partial charge in [-0.25, -0.2) is 4.79 Å². The number of aryl methyl sites for hydroxylation is 1. The van der Waals surface area contributed by atoms with Gasteiger partial charge < -0.3 is 23.1 Å². The van der Waals surface area contributed by atoms with E-state index in [1.54, 1.807) is 20.2 Å². The summed E-state index contributed by atoms with van der Waals surface area (Å²) in [6, 6.07) is 28.2. The Morgan fingerprint density at radius 3 is 1.62 bits per heavy atom. The Hall–Kier alpha value is -3.59. The Morgan fingerprint density at radius 2 is 1.15 bits per heavy atom. The van der Waals surface area contributed by atoms with Crippen molar-refractivity contribution >= 4 is 16.6 Å². The van der Waals surface area contributed by atoms with Gasteiger partial charge in [-0.3, -0.25) is 14.3 Å². The Bertz CT molecular complexity index is 1840. The predicted molar refractivity (Wildman–Crippen MR) is 218 cm³/mol. The van der Waals surface area contributed by atoms with Gasteiger partial charge in [0.2, 0.25) is 0 Å². The predicted octanol–water partition coefficient (Wildman–Crippen LogP) is 8.79. The average molecular weight is 761 g/mol. The number of benzene rings is 3. The zero-order valence-corrected chi connectivity index (χ0v) is 35.7. The van der Waals surface area contributed by atoms with Crippen molar-refractivity contribution in [3.63, 3.8) is 0 Å². The van der Waals surface area contributed by atoms with Crippen LogP contribution in [0.3, 0.4) is 0 Å². The maximum Gasteiger partial charge on any atom is 0.330 e. The largest absolute Gasteiger partial charge is 0.497 e. The van der Waals surface area contributed by atoms with Crippen molar-refractivity contribution in [1.29, 1.82) is 0 Å². The van der Waals surface area contributed by atoms with Crippen LogP contribution in [0, 0.1) is 6.92 Å². The standard InChI is InChI=1S/C42H60N2O7Si2/c1-31-27-44(39(46)43-38(31)45)37(30-50-53(11,12)41(5,6)7)51-36(29-49-52(9,10)40(2,3)4)28-48-42(32-19-15-13-16-20-32,33-21-17-14-18-22-33)34-23-25-35(47-8)26-24-34/h13-27,36-37H,28-30H2,1-12H3,(H,43,45,46)/t36-,37-/m1/s1. The SMILES string of the molecule is COc1ccc(C(OC[C@H](CO[Si](C)(C)C(C)(C)C)O[C@H](CO[Si](C)(C)C(C)(C)C)n2cc(C)c(=O)[nH]c2=O)(c2ccccc2)c2ccccc2)cc1. The second-order valence-corrected chi connectivity index (χ2v) is 26.4. The molecule has 0 aliphatic heterocycles. The van der Waals surface area contributed by atoms with Crippen molar-refractivity contribution in [2.75, 3.05) is 26.9 Å². The minimum atomic E-state index is -2.29. The molecule has 288 valence electrons. The highest BCUT2D eigenvalue weighted by Crippen LogP contribution is 2.42. The molecule has 0 aliphatic rings. The molecule has 0 saturated carbocycles. The van der Waals surface area contributed by atoms with E-state index >= 15 is 0 Å². The number of rotatable bonds is 16. The van der Waals surface area contributed by atoms with Gasteiger partial charge in [0.25, 0.3) is 5.56 Å². The maximum absolute atomic E-state index is 13.4. The molecule has 1 N–H and O–H groups in total. The minimum Gasteiger partial charge on any atom is -0.497 e. The van der Waals surface area contributed by atoms with E-state index in [1.165, 1.54) is 4.57 Å². The van der Waals surface area contributed by atoms with Gasteiger partial charge in [0, 0.05) is 11.8 Å². The Balaban J connectivity index is 1.86. The lowest BCUT2D eigenvalue weighted by atomic mass is 9.80. The number of hydrogen-bond donors (Lipinski definition) is 1. The first-order valence-electron chi connectivity index (χ1n) is 18.4. The molecular formula is C42H60N2O7Si2. The average Bonchev–Trinajstić information content (AvgIpc) is 3.10. The zero-order chi connectivity index (χ0) is 39.2. The molecule has 4 aromatic rings. The molecule has 0 radical (unpaired) electrons. The smallest absolute Gasteiger partial charge is 0.330 e. The van der Waals surface area contributed by atoms with Gasteiger partial charge in [0.05, 0.1) is 26.9 Å². The summed E-state index contributed by atoms with van der Waals surface area (Å²) >= 11 is 0. The Morgan fingerprint density at radius 1 is 0.679 bits per heavy atom. The third kappa shape index (κ3) is 9.94. The second kappa shape index (κ2) is 16.8.